The fourth-order valence-corrected chi connectivity index (χ4v) is 4.73. The van der Waals surface area contributed by atoms with E-state index in [0.29, 0.717) is 13.0 Å². The number of ether oxygens (including phenoxy) is 1. The number of benzene rings is 2. The molecule has 2 rings (SSSR count). The first-order valence-corrected chi connectivity index (χ1v) is 14.7. The number of nitrogens with zero attached hydrogens (tertiary/aromatic N) is 1. The third-order valence-corrected chi connectivity index (χ3v) is 7.01. The van der Waals surface area contributed by atoms with Gasteiger partial charge in [0.1, 0.15) is 23.4 Å². The van der Waals surface area contributed by atoms with Gasteiger partial charge in [0.25, 0.3) is 0 Å². The minimum atomic E-state index is -1.01. The number of alkyl carbamates (subject to hydrolysis) is 1. The van der Waals surface area contributed by atoms with Crippen molar-refractivity contribution in [1.29, 1.82) is 0 Å². The Balaban J connectivity index is 2.59. The summed E-state index contributed by atoms with van der Waals surface area (Å²) in [6.45, 7) is 15.7. The lowest BCUT2D eigenvalue weighted by Crippen LogP contribution is -2.56. The number of amides is 3. The van der Waals surface area contributed by atoms with Gasteiger partial charge in [-0.3, -0.25) is 9.59 Å². The second-order valence-electron chi connectivity index (χ2n) is 11.8. The molecule has 0 fully saturated rings. The molecule has 0 heterocycles. The van der Waals surface area contributed by atoms with E-state index in [1.54, 1.807) is 49.9 Å². The Hall–Kier alpha value is -3.55. The first-order chi connectivity index (χ1) is 19.3. The highest BCUT2D eigenvalue weighted by Crippen LogP contribution is 2.29. The van der Waals surface area contributed by atoms with Crippen molar-refractivity contribution in [2.24, 2.45) is 0 Å². The van der Waals surface area contributed by atoms with Gasteiger partial charge in [0.05, 0.1) is 0 Å². The number of phenolic OH excluding ortho intramolecular Hbond substituents is 1. The number of unbranched alkanes of at least 4 members (excludes halogenated alkanes) is 2. The molecule has 0 spiro atoms. The molecule has 3 unspecified atom stereocenters. The maximum Gasteiger partial charge on any atom is 0.408 e. The predicted octanol–water partition coefficient (Wildman–Crippen LogP) is 6.12. The van der Waals surface area contributed by atoms with E-state index in [1.165, 1.54) is 0 Å². The average Bonchev–Trinajstić information content (AvgIpc) is 2.89. The second kappa shape index (κ2) is 15.5. The Morgan fingerprint density at radius 3 is 2.22 bits per heavy atom. The highest BCUT2D eigenvalue weighted by atomic mass is 16.6. The van der Waals surface area contributed by atoms with E-state index >= 15 is 0 Å². The maximum absolute atomic E-state index is 14.5. The SMILES string of the molecule is CCCCCNC(=O)C(c1ccc(C)cc1C)N(C(=O)C(Cc1ccc(O)cc1)NC(=O)OC(C)(C)C)C(C)CC. The molecule has 0 bridgehead atoms. The molecule has 2 aromatic carbocycles. The van der Waals surface area contributed by atoms with Crippen LogP contribution in [0.4, 0.5) is 4.79 Å². The fraction of sp³-hybridized carbons (Fsp3) is 0.545. The average molecular weight is 568 g/mol. The van der Waals surface area contributed by atoms with Crippen LogP contribution in [-0.2, 0) is 20.7 Å². The zero-order chi connectivity index (χ0) is 30.7. The van der Waals surface area contributed by atoms with E-state index in [4.69, 9.17) is 4.74 Å². The molecular weight excluding hydrogens is 518 g/mol. The molecule has 2 aromatic rings. The molecule has 226 valence electrons. The number of aromatic hydroxyl groups is 1. The molecule has 0 radical (unpaired) electrons. The van der Waals surface area contributed by atoms with Crippen LogP contribution in [0, 0.1) is 13.8 Å². The van der Waals surface area contributed by atoms with Crippen LogP contribution in [0.15, 0.2) is 42.5 Å². The van der Waals surface area contributed by atoms with Crippen molar-refractivity contribution in [3.05, 3.63) is 64.7 Å². The Morgan fingerprint density at radius 2 is 1.66 bits per heavy atom. The summed E-state index contributed by atoms with van der Waals surface area (Å²) in [5, 5.41) is 15.6. The second-order valence-corrected chi connectivity index (χ2v) is 11.8. The number of rotatable bonds is 13. The smallest absolute Gasteiger partial charge is 0.408 e. The van der Waals surface area contributed by atoms with Crippen LogP contribution >= 0.6 is 0 Å². The maximum atomic E-state index is 14.5. The summed E-state index contributed by atoms with van der Waals surface area (Å²) in [7, 11) is 0. The normalized spacial score (nSPS) is 13.6. The van der Waals surface area contributed by atoms with Gasteiger partial charge >= 0.3 is 6.09 Å². The van der Waals surface area contributed by atoms with Crippen LogP contribution in [0.3, 0.4) is 0 Å². The van der Waals surface area contributed by atoms with E-state index in [-0.39, 0.29) is 30.0 Å². The zero-order valence-electron chi connectivity index (χ0n) is 26.0. The molecule has 0 aliphatic carbocycles. The lowest BCUT2D eigenvalue weighted by atomic mass is 9.94. The van der Waals surface area contributed by atoms with Crippen molar-refractivity contribution in [2.75, 3.05) is 6.54 Å². The number of aryl methyl sites for hydroxylation is 2. The van der Waals surface area contributed by atoms with Gasteiger partial charge in [-0.1, -0.05) is 62.6 Å². The Morgan fingerprint density at radius 1 is 1.00 bits per heavy atom. The van der Waals surface area contributed by atoms with Crippen LogP contribution in [0.5, 0.6) is 5.75 Å². The summed E-state index contributed by atoms with van der Waals surface area (Å²) in [4.78, 5) is 43.0. The highest BCUT2D eigenvalue weighted by molar-refractivity contribution is 5.92. The van der Waals surface area contributed by atoms with E-state index in [1.807, 2.05) is 45.9 Å². The summed E-state index contributed by atoms with van der Waals surface area (Å²) < 4.78 is 5.50. The van der Waals surface area contributed by atoms with Gasteiger partial charge in [-0.05, 0) is 83.2 Å². The van der Waals surface area contributed by atoms with Crippen LogP contribution in [0.25, 0.3) is 0 Å². The van der Waals surface area contributed by atoms with Crippen LogP contribution in [0.2, 0.25) is 0 Å². The first-order valence-electron chi connectivity index (χ1n) is 14.7. The van der Waals surface area contributed by atoms with E-state index < -0.39 is 23.8 Å². The molecule has 0 aliphatic heterocycles. The van der Waals surface area contributed by atoms with Gasteiger partial charge in [0.2, 0.25) is 11.8 Å². The molecular formula is C33H49N3O5. The molecule has 3 N–H and O–H groups in total. The minimum Gasteiger partial charge on any atom is -0.508 e. The van der Waals surface area contributed by atoms with Gasteiger partial charge in [-0.15, -0.1) is 0 Å². The quantitative estimate of drug-likeness (QED) is 0.253. The number of carbonyl (C=O) groups is 3. The molecule has 0 aliphatic rings. The van der Waals surface area contributed by atoms with E-state index in [9.17, 15) is 19.5 Å². The van der Waals surface area contributed by atoms with Crippen molar-refractivity contribution in [3.63, 3.8) is 0 Å². The summed E-state index contributed by atoms with van der Waals surface area (Å²) in [6, 6.07) is 10.2. The number of hydrogen-bond acceptors (Lipinski definition) is 5. The number of carbonyl (C=O) groups excluding carboxylic acids is 3. The van der Waals surface area contributed by atoms with Crippen molar-refractivity contribution >= 4 is 17.9 Å². The summed E-state index contributed by atoms with van der Waals surface area (Å²) >= 11 is 0. The predicted molar refractivity (Wildman–Crippen MR) is 163 cm³/mol. The van der Waals surface area contributed by atoms with Gasteiger partial charge in [0, 0.05) is 19.0 Å². The Bertz CT molecular complexity index is 1160. The monoisotopic (exact) mass is 567 g/mol. The molecule has 8 heteroatoms. The van der Waals surface area contributed by atoms with Gasteiger partial charge in [0.15, 0.2) is 0 Å². The molecule has 0 saturated heterocycles. The van der Waals surface area contributed by atoms with E-state index in [2.05, 4.69) is 17.6 Å². The third kappa shape index (κ3) is 10.4. The summed E-state index contributed by atoms with van der Waals surface area (Å²) in [5.41, 5.74) is 2.71. The molecule has 0 saturated carbocycles. The topological polar surface area (TPSA) is 108 Å². The Kier molecular flexibility index (Phi) is 12.7. The van der Waals surface area contributed by atoms with Gasteiger partial charge in [-0.25, -0.2) is 4.79 Å². The van der Waals surface area contributed by atoms with E-state index in [0.717, 1.165) is 41.5 Å². The van der Waals surface area contributed by atoms with Crippen LogP contribution < -0.4 is 10.6 Å². The van der Waals surface area contributed by atoms with Crippen molar-refractivity contribution in [3.8, 4) is 5.75 Å². The van der Waals surface area contributed by atoms with Crippen molar-refractivity contribution < 1.29 is 24.2 Å². The van der Waals surface area contributed by atoms with Crippen molar-refractivity contribution in [1.82, 2.24) is 15.5 Å². The number of nitrogens with one attached hydrogen (secondary N) is 2. The van der Waals surface area contributed by atoms with Crippen LogP contribution in [-0.4, -0.2) is 52.1 Å². The standard InChI is InChI=1S/C33H49N3O5/c1-9-11-12-19-34-30(38)29(27-18-13-22(3)20-23(27)4)36(24(5)10-2)31(39)28(35-32(40)41-33(6,7)8)21-25-14-16-26(37)17-15-25/h13-18,20,24,28-29,37H,9-12,19,21H2,1-8H3,(H,34,38)(H,35,40). The summed E-state index contributed by atoms with van der Waals surface area (Å²) in [6.07, 6.45) is 2.92. The largest absolute Gasteiger partial charge is 0.508 e. The zero-order valence-corrected chi connectivity index (χ0v) is 26.0. The molecule has 3 amide bonds. The van der Waals surface area contributed by atoms with Crippen molar-refractivity contribution in [2.45, 2.75) is 111 Å². The van der Waals surface area contributed by atoms with Crippen LogP contribution in [0.1, 0.15) is 95.5 Å². The number of phenols is 1. The fourth-order valence-electron chi connectivity index (χ4n) is 4.73. The third-order valence-electron chi connectivity index (χ3n) is 7.01. The van der Waals surface area contributed by atoms with Gasteiger partial charge in [-0.2, -0.15) is 0 Å². The molecule has 0 aromatic heterocycles. The van der Waals surface area contributed by atoms with Gasteiger partial charge < -0.3 is 25.4 Å². The molecule has 3 atom stereocenters. The Labute approximate surface area is 245 Å². The molecule has 41 heavy (non-hydrogen) atoms. The first kappa shape index (κ1) is 33.7. The highest BCUT2D eigenvalue weighted by Gasteiger charge is 2.39. The lowest BCUT2D eigenvalue weighted by Gasteiger charge is -2.39. The lowest BCUT2D eigenvalue weighted by molar-refractivity contribution is -0.145. The molecule has 8 nitrogen and oxygen atoms in total. The number of hydrogen-bond donors (Lipinski definition) is 3. The summed E-state index contributed by atoms with van der Waals surface area (Å²) in [5.74, 6) is -0.526. The minimum absolute atomic E-state index is 0.104.